The maximum atomic E-state index is 12.6. The smallest absolute Gasteiger partial charge is 0.322 e. The average Bonchev–Trinajstić information content (AvgIpc) is 2.83. The molecule has 2 aliphatic rings. The van der Waals surface area contributed by atoms with E-state index in [0.717, 1.165) is 12.1 Å². The second kappa shape index (κ2) is 4.90. The molecule has 2 amide bonds. The first-order valence-electron chi connectivity index (χ1n) is 7.87. The van der Waals surface area contributed by atoms with E-state index in [1.807, 2.05) is 11.8 Å². The second-order valence-electron chi connectivity index (χ2n) is 6.64. The van der Waals surface area contributed by atoms with Crippen LogP contribution in [0.5, 0.6) is 0 Å². The third-order valence-electron chi connectivity index (χ3n) is 4.55. The van der Waals surface area contributed by atoms with Crippen LogP contribution in [-0.2, 0) is 12.8 Å². The molecule has 21 heavy (non-hydrogen) atoms. The Morgan fingerprint density at radius 1 is 1.29 bits per heavy atom. The van der Waals surface area contributed by atoms with Gasteiger partial charge in [-0.1, -0.05) is 6.08 Å². The van der Waals surface area contributed by atoms with E-state index in [9.17, 15) is 4.79 Å². The van der Waals surface area contributed by atoms with Gasteiger partial charge in [0.1, 0.15) is 0 Å². The highest BCUT2D eigenvalue weighted by molar-refractivity contribution is 5.99. The average molecular weight is 284 g/mol. The number of hydrogen-bond donors (Lipinski definition) is 1. The number of aryl methyl sites for hydroxylation is 2. The van der Waals surface area contributed by atoms with Crippen LogP contribution in [0.15, 0.2) is 18.2 Å². The summed E-state index contributed by atoms with van der Waals surface area (Å²) >= 11 is 0. The van der Waals surface area contributed by atoms with Crippen molar-refractivity contribution in [3.8, 4) is 0 Å². The Balaban J connectivity index is 2.16. The zero-order valence-electron chi connectivity index (χ0n) is 13.4. The van der Waals surface area contributed by atoms with Crippen molar-refractivity contribution in [2.75, 3.05) is 11.4 Å². The van der Waals surface area contributed by atoms with Crippen LogP contribution in [0.3, 0.4) is 0 Å². The van der Waals surface area contributed by atoms with E-state index in [1.54, 1.807) is 0 Å². The summed E-state index contributed by atoms with van der Waals surface area (Å²) in [5, 5.41) is 2.95. The number of hydrogen-bond acceptors (Lipinski definition) is 1. The number of carbonyl (C=O) groups is 1. The minimum absolute atomic E-state index is 0.00885. The van der Waals surface area contributed by atoms with Crippen LogP contribution in [0.4, 0.5) is 10.5 Å². The van der Waals surface area contributed by atoms with Gasteiger partial charge in [0, 0.05) is 12.1 Å². The van der Waals surface area contributed by atoms with E-state index in [-0.39, 0.29) is 11.6 Å². The Morgan fingerprint density at radius 2 is 1.95 bits per heavy atom. The molecule has 3 heteroatoms. The van der Waals surface area contributed by atoms with Crippen molar-refractivity contribution in [3.63, 3.8) is 0 Å². The van der Waals surface area contributed by atoms with Gasteiger partial charge in [-0.15, -0.1) is 0 Å². The fourth-order valence-electron chi connectivity index (χ4n) is 3.70. The van der Waals surface area contributed by atoms with Crippen LogP contribution >= 0.6 is 0 Å². The largest absolute Gasteiger partial charge is 0.338 e. The first-order chi connectivity index (χ1) is 9.94. The normalized spacial score (nSPS) is 18.9. The molecule has 0 aromatic heterocycles. The summed E-state index contributed by atoms with van der Waals surface area (Å²) in [7, 11) is 0. The molecule has 0 unspecified atom stereocenters. The lowest BCUT2D eigenvalue weighted by molar-refractivity contribution is 0.243. The molecule has 3 nitrogen and oxygen atoms in total. The number of rotatable bonds is 1. The molecule has 0 bridgehead atoms. The Bertz CT molecular complexity index is 628. The standard InChI is InChI=1S/C18H24N2O/c1-5-19-17(21)20-16-10-14-8-6-7-13(14)9-15(16)12(2)11-18(20,3)4/h9-11H,5-8H2,1-4H3,(H,19,21). The highest BCUT2D eigenvalue weighted by Crippen LogP contribution is 2.41. The molecule has 3 rings (SSSR count). The Labute approximate surface area is 127 Å². The third-order valence-corrected chi connectivity index (χ3v) is 4.55. The molecule has 0 radical (unpaired) electrons. The molecule has 1 heterocycles. The molecule has 1 aliphatic heterocycles. The summed E-state index contributed by atoms with van der Waals surface area (Å²) in [6.07, 6.45) is 5.73. The molecule has 0 saturated heterocycles. The molecule has 1 aliphatic carbocycles. The maximum absolute atomic E-state index is 12.6. The number of nitrogens with one attached hydrogen (secondary N) is 1. The molecule has 1 aromatic rings. The molecule has 1 N–H and O–H groups in total. The minimum atomic E-state index is -0.302. The number of anilines is 1. The fraction of sp³-hybridized carbons (Fsp3) is 0.500. The highest BCUT2D eigenvalue weighted by Gasteiger charge is 2.36. The summed E-state index contributed by atoms with van der Waals surface area (Å²) < 4.78 is 0. The molecule has 0 fully saturated rings. The Kier molecular flexibility index (Phi) is 3.31. The highest BCUT2D eigenvalue weighted by atomic mass is 16.2. The van der Waals surface area contributed by atoms with Gasteiger partial charge in [-0.25, -0.2) is 4.79 Å². The van der Waals surface area contributed by atoms with E-state index in [4.69, 9.17) is 0 Å². The number of urea groups is 1. The van der Waals surface area contributed by atoms with Gasteiger partial charge >= 0.3 is 6.03 Å². The van der Waals surface area contributed by atoms with Crippen molar-refractivity contribution in [3.05, 3.63) is 34.9 Å². The number of amides is 2. The van der Waals surface area contributed by atoms with Crippen LogP contribution in [0.2, 0.25) is 0 Å². The molecular weight excluding hydrogens is 260 g/mol. The van der Waals surface area contributed by atoms with Gasteiger partial charge < -0.3 is 5.32 Å². The summed E-state index contributed by atoms with van der Waals surface area (Å²) in [4.78, 5) is 14.5. The Hall–Kier alpha value is -1.77. The molecule has 1 aromatic carbocycles. The summed E-state index contributed by atoms with van der Waals surface area (Å²) in [5.41, 5.74) is 6.10. The van der Waals surface area contributed by atoms with Crippen molar-refractivity contribution in [2.45, 2.75) is 52.5 Å². The van der Waals surface area contributed by atoms with Crippen molar-refractivity contribution in [1.82, 2.24) is 5.32 Å². The fourth-order valence-corrected chi connectivity index (χ4v) is 3.70. The maximum Gasteiger partial charge on any atom is 0.322 e. The monoisotopic (exact) mass is 284 g/mol. The third kappa shape index (κ3) is 2.25. The van der Waals surface area contributed by atoms with E-state index in [1.165, 1.54) is 35.1 Å². The first kappa shape index (κ1) is 14.2. The molecule has 0 saturated carbocycles. The molecular formula is C18H24N2O. The predicted octanol–water partition coefficient (Wildman–Crippen LogP) is 3.91. The number of carbonyl (C=O) groups excluding carboxylic acids is 1. The Morgan fingerprint density at radius 3 is 2.62 bits per heavy atom. The van der Waals surface area contributed by atoms with Gasteiger partial charge in [0.25, 0.3) is 0 Å². The summed E-state index contributed by atoms with van der Waals surface area (Å²) in [5.74, 6) is 0. The molecule has 112 valence electrons. The van der Waals surface area contributed by atoms with Gasteiger partial charge in [-0.05, 0) is 75.8 Å². The topological polar surface area (TPSA) is 32.3 Å². The quantitative estimate of drug-likeness (QED) is 0.833. The summed E-state index contributed by atoms with van der Waals surface area (Å²) in [6, 6.07) is 4.53. The van der Waals surface area contributed by atoms with Crippen molar-refractivity contribution in [2.24, 2.45) is 0 Å². The first-order valence-corrected chi connectivity index (χ1v) is 7.87. The van der Waals surface area contributed by atoms with Gasteiger partial charge in [0.05, 0.1) is 11.2 Å². The lowest BCUT2D eigenvalue weighted by Gasteiger charge is -2.41. The number of benzene rings is 1. The molecule has 0 spiro atoms. The van der Waals surface area contributed by atoms with E-state index in [0.29, 0.717) is 6.54 Å². The van der Waals surface area contributed by atoms with Crippen LogP contribution in [-0.4, -0.2) is 18.1 Å². The zero-order chi connectivity index (χ0) is 15.2. The zero-order valence-corrected chi connectivity index (χ0v) is 13.4. The SMILES string of the molecule is CCNC(=O)N1c2cc3c(cc2C(C)=CC1(C)C)CCC3. The number of nitrogens with zero attached hydrogens (tertiary/aromatic N) is 1. The predicted molar refractivity (Wildman–Crippen MR) is 87.7 cm³/mol. The van der Waals surface area contributed by atoms with E-state index < -0.39 is 0 Å². The lowest BCUT2D eigenvalue weighted by atomic mass is 9.87. The number of fused-ring (bicyclic) bond motifs is 2. The van der Waals surface area contributed by atoms with E-state index in [2.05, 4.69) is 44.3 Å². The van der Waals surface area contributed by atoms with Crippen molar-refractivity contribution < 1.29 is 4.79 Å². The number of allylic oxidation sites excluding steroid dienone is 1. The second-order valence-corrected chi connectivity index (χ2v) is 6.64. The van der Waals surface area contributed by atoms with Gasteiger partial charge in [-0.3, -0.25) is 4.90 Å². The van der Waals surface area contributed by atoms with Crippen molar-refractivity contribution in [1.29, 1.82) is 0 Å². The van der Waals surface area contributed by atoms with Crippen LogP contribution in [0, 0.1) is 0 Å². The van der Waals surface area contributed by atoms with Gasteiger partial charge in [0.15, 0.2) is 0 Å². The minimum Gasteiger partial charge on any atom is -0.338 e. The van der Waals surface area contributed by atoms with Crippen LogP contribution < -0.4 is 10.2 Å². The van der Waals surface area contributed by atoms with Gasteiger partial charge in [0.2, 0.25) is 0 Å². The van der Waals surface area contributed by atoms with Crippen LogP contribution in [0.25, 0.3) is 5.57 Å². The lowest BCUT2D eigenvalue weighted by Crippen LogP contribution is -2.53. The van der Waals surface area contributed by atoms with Crippen molar-refractivity contribution >= 4 is 17.3 Å². The van der Waals surface area contributed by atoms with Crippen LogP contribution in [0.1, 0.15) is 50.8 Å². The van der Waals surface area contributed by atoms with Gasteiger partial charge in [-0.2, -0.15) is 0 Å². The van der Waals surface area contributed by atoms with E-state index >= 15 is 0 Å². The molecule has 0 atom stereocenters. The summed E-state index contributed by atoms with van der Waals surface area (Å²) in [6.45, 7) is 8.95.